The van der Waals surface area contributed by atoms with Crippen LogP contribution in [0.15, 0.2) is 23.1 Å². The average molecular weight is 314 g/mol. The highest BCUT2D eigenvalue weighted by atomic mass is 32.2. The van der Waals surface area contributed by atoms with Crippen molar-refractivity contribution in [2.45, 2.75) is 23.8 Å². The molecule has 0 aromatic heterocycles. The first-order chi connectivity index (χ1) is 10.0. The fourth-order valence-electron chi connectivity index (χ4n) is 2.46. The lowest BCUT2D eigenvalue weighted by molar-refractivity contribution is 0.298. The Hall–Kier alpha value is -1.31. The maximum atomic E-state index is 12.7. The van der Waals surface area contributed by atoms with Crippen LogP contribution < -0.4 is 14.8 Å². The summed E-state index contributed by atoms with van der Waals surface area (Å²) in [5.41, 5.74) is 0. The van der Waals surface area contributed by atoms with Crippen LogP contribution in [0.3, 0.4) is 0 Å². The zero-order valence-corrected chi connectivity index (χ0v) is 13.4. The van der Waals surface area contributed by atoms with Crippen molar-refractivity contribution in [3.8, 4) is 11.5 Å². The van der Waals surface area contributed by atoms with Crippen molar-refractivity contribution in [1.82, 2.24) is 9.62 Å². The third kappa shape index (κ3) is 3.48. The van der Waals surface area contributed by atoms with Gasteiger partial charge in [0, 0.05) is 37.3 Å². The van der Waals surface area contributed by atoms with E-state index in [9.17, 15) is 8.42 Å². The van der Waals surface area contributed by atoms with Gasteiger partial charge in [-0.05, 0) is 19.9 Å². The molecule has 0 saturated carbocycles. The SMILES string of the molecule is CNC1CCN(S(=O)(=O)c2cc(OC)cc(OC)c2)CC1. The number of nitrogens with one attached hydrogen (secondary N) is 1. The van der Waals surface area contributed by atoms with E-state index < -0.39 is 10.0 Å². The second-order valence-corrected chi connectivity index (χ2v) is 6.95. The lowest BCUT2D eigenvalue weighted by Gasteiger charge is -2.31. The molecule has 0 bridgehead atoms. The Bertz CT molecular complexity index is 558. The number of sulfonamides is 1. The predicted molar refractivity (Wildman–Crippen MR) is 80.4 cm³/mol. The van der Waals surface area contributed by atoms with Crippen LogP contribution in [0.1, 0.15) is 12.8 Å². The lowest BCUT2D eigenvalue weighted by atomic mass is 10.1. The van der Waals surface area contributed by atoms with E-state index in [4.69, 9.17) is 9.47 Å². The van der Waals surface area contributed by atoms with E-state index in [-0.39, 0.29) is 4.90 Å². The quantitative estimate of drug-likeness (QED) is 0.881. The molecule has 1 N–H and O–H groups in total. The van der Waals surface area contributed by atoms with Crippen molar-refractivity contribution >= 4 is 10.0 Å². The molecule has 118 valence electrons. The highest BCUT2D eigenvalue weighted by molar-refractivity contribution is 7.89. The summed E-state index contributed by atoms with van der Waals surface area (Å²) in [5.74, 6) is 0.941. The summed E-state index contributed by atoms with van der Waals surface area (Å²) in [6, 6.07) is 5.10. The molecule has 1 aromatic carbocycles. The Balaban J connectivity index is 2.27. The van der Waals surface area contributed by atoms with Gasteiger partial charge in [0.25, 0.3) is 0 Å². The summed E-state index contributed by atoms with van der Waals surface area (Å²) in [6.07, 6.45) is 1.63. The number of nitrogens with zero attached hydrogens (tertiary/aromatic N) is 1. The van der Waals surface area contributed by atoms with Gasteiger partial charge < -0.3 is 14.8 Å². The fourth-order valence-corrected chi connectivity index (χ4v) is 3.98. The van der Waals surface area contributed by atoms with Crippen LogP contribution in [-0.4, -0.2) is 53.1 Å². The van der Waals surface area contributed by atoms with Crippen LogP contribution in [0.2, 0.25) is 0 Å². The van der Waals surface area contributed by atoms with E-state index in [0.717, 1.165) is 12.8 Å². The predicted octanol–water partition coefficient (Wildman–Crippen LogP) is 1.08. The van der Waals surface area contributed by atoms with Crippen LogP contribution in [0.4, 0.5) is 0 Å². The summed E-state index contributed by atoms with van der Waals surface area (Å²) in [5, 5.41) is 3.19. The van der Waals surface area contributed by atoms with Crippen LogP contribution in [-0.2, 0) is 10.0 Å². The largest absolute Gasteiger partial charge is 0.497 e. The maximum absolute atomic E-state index is 12.7. The first kappa shape index (κ1) is 16.1. The normalized spacial score (nSPS) is 17.7. The van der Waals surface area contributed by atoms with Gasteiger partial charge in [-0.3, -0.25) is 0 Å². The van der Waals surface area contributed by atoms with Gasteiger partial charge in [-0.25, -0.2) is 8.42 Å². The van der Waals surface area contributed by atoms with E-state index in [2.05, 4.69) is 5.32 Å². The summed E-state index contributed by atoms with van der Waals surface area (Å²) >= 11 is 0. The zero-order chi connectivity index (χ0) is 15.5. The van der Waals surface area contributed by atoms with Crippen LogP contribution in [0, 0.1) is 0 Å². The van der Waals surface area contributed by atoms with Crippen LogP contribution in [0.5, 0.6) is 11.5 Å². The fraction of sp³-hybridized carbons (Fsp3) is 0.571. The Kier molecular flexibility index (Phi) is 5.08. The molecule has 1 fully saturated rings. The van der Waals surface area contributed by atoms with Gasteiger partial charge in [0.15, 0.2) is 0 Å². The van der Waals surface area contributed by atoms with E-state index in [1.54, 1.807) is 6.07 Å². The molecule has 0 unspecified atom stereocenters. The van der Waals surface area contributed by atoms with Gasteiger partial charge in [0.1, 0.15) is 11.5 Å². The van der Waals surface area contributed by atoms with E-state index >= 15 is 0 Å². The van der Waals surface area contributed by atoms with Crippen molar-refractivity contribution in [3.63, 3.8) is 0 Å². The summed E-state index contributed by atoms with van der Waals surface area (Å²) in [6.45, 7) is 1.04. The third-order valence-corrected chi connectivity index (χ3v) is 5.70. The molecule has 0 aliphatic carbocycles. The molecule has 0 amide bonds. The van der Waals surface area contributed by atoms with Crippen molar-refractivity contribution < 1.29 is 17.9 Å². The van der Waals surface area contributed by atoms with Crippen molar-refractivity contribution in [3.05, 3.63) is 18.2 Å². The van der Waals surface area contributed by atoms with Crippen molar-refractivity contribution in [2.75, 3.05) is 34.4 Å². The van der Waals surface area contributed by atoms with Gasteiger partial charge >= 0.3 is 0 Å². The third-order valence-electron chi connectivity index (χ3n) is 3.82. The highest BCUT2D eigenvalue weighted by Crippen LogP contribution is 2.28. The Labute approximate surface area is 126 Å². The van der Waals surface area contributed by atoms with Crippen LogP contribution in [0.25, 0.3) is 0 Å². The van der Waals surface area contributed by atoms with Gasteiger partial charge in [0.2, 0.25) is 10.0 Å². The number of methoxy groups -OCH3 is 2. The number of hydrogen-bond donors (Lipinski definition) is 1. The smallest absolute Gasteiger partial charge is 0.243 e. The number of piperidine rings is 1. The molecule has 1 aliphatic heterocycles. The van der Waals surface area contributed by atoms with Crippen molar-refractivity contribution in [2.24, 2.45) is 0 Å². The molecular formula is C14H22N2O4S. The second-order valence-electron chi connectivity index (χ2n) is 5.02. The number of benzene rings is 1. The van der Waals surface area contributed by atoms with Crippen molar-refractivity contribution in [1.29, 1.82) is 0 Å². The molecule has 2 rings (SSSR count). The molecule has 0 radical (unpaired) electrons. The molecule has 0 atom stereocenters. The molecule has 1 saturated heterocycles. The highest BCUT2D eigenvalue weighted by Gasteiger charge is 2.29. The minimum atomic E-state index is -3.51. The number of rotatable bonds is 5. The van der Waals surface area contributed by atoms with Gasteiger partial charge in [-0.2, -0.15) is 4.31 Å². The summed E-state index contributed by atoms with van der Waals surface area (Å²) in [4.78, 5) is 0.210. The van der Waals surface area contributed by atoms with Crippen LogP contribution >= 0.6 is 0 Å². The molecule has 1 aliphatic rings. The minimum absolute atomic E-state index is 0.210. The monoisotopic (exact) mass is 314 g/mol. The minimum Gasteiger partial charge on any atom is -0.497 e. The number of ether oxygens (including phenoxy) is 2. The summed E-state index contributed by atoms with van der Waals surface area (Å²) in [7, 11) is 1.40. The zero-order valence-electron chi connectivity index (χ0n) is 12.6. The second kappa shape index (κ2) is 6.64. The van der Waals surface area contributed by atoms with Gasteiger partial charge in [-0.1, -0.05) is 0 Å². The topological polar surface area (TPSA) is 67.9 Å². The standard InChI is InChI=1S/C14H22N2O4S/c1-15-11-4-6-16(7-5-11)21(17,18)14-9-12(19-2)8-13(10-14)20-3/h8-11,15H,4-7H2,1-3H3. The summed E-state index contributed by atoms with van der Waals surface area (Å²) < 4.78 is 37.2. The average Bonchev–Trinajstić information content (AvgIpc) is 2.54. The molecule has 1 heterocycles. The molecule has 21 heavy (non-hydrogen) atoms. The van der Waals surface area contributed by atoms with Gasteiger partial charge in [-0.15, -0.1) is 0 Å². The Morgan fingerprint density at radius 2 is 1.62 bits per heavy atom. The molecular weight excluding hydrogens is 292 g/mol. The molecule has 7 heteroatoms. The number of hydrogen-bond acceptors (Lipinski definition) is 5. The van der Waals surface area contributed by atoms with E-state index in [0.29, 0.717) is 30.6 Å². The lowest BCUT2D eigenvalue weighted by Crippen LogP contribution is -2.43. The Morgan fingerprint density at radius 3 is 2.05 bits per heavy atom. The maximum Gasteiger partial charge on any atom is 0.243 e. The Morgan fingerprint density at radius 1 is 1.10 bits per heavy atom. The van der Waals surface area contributed by atoms with Gasteiger partial charge in [0.05, 0.1) is 19.1 Å². The first-order valence-corrected chi connectivity index (χ1v) is 8.35. The molecule has 0 spiro atoms. The molecule has 6 nitrogen and oxygen atoms in total. The van der Waals surface area contributed by atoms with E-state index in [1.807, 2.05) is 7.05 Å². The first-order valence-electron chi connectivity index (χ1n) is 6.91. The van der Waals surface area contributed by atoms with E-state index in [1.165, 1.54) is 30.7 Å². The molecule has 1 aromatic rings.